The summed E-state index contributed by atoms with van der Waals surface area (Å²) in [7, 11) is 1.60. The molecule has 3 rings (SSSR count). The van der Waals surface area contributed by atoms with Gasteiger partial charge in [-0.25, -0.2) is 12.7 Å². The molecule has 0 radical (unpaired) electrons. The van der Waals surface area contributed by atoms with Crippen molar-refractivity contribution in [2.24, 2.45) is 7.05 Å². The van der Waals surface area contributed by atoms with E-state index in [0.29, 0.717) is 31.0 Å². The number of aryl methyl sites for hydroxylation is 1. The second kappa shape index (κ2) is 5.90. The molecule has 1 atom stereocenters. The van der Waals surface area contributed by atoms with Crippen molar-refractivity contribution in [2.45, 2.75) is 36.9 Å². The summed E-state index contributed by atoms with van der Waals surface area (Å²) < 4.78 is 27.7. The van der Waals surface area contributed by atoms with Gasteiger partial charge < -0.3 is 4.90 Å². The zero-order valence-corrected chi connectivity index (χ0v) is 14.7. The van der Waals surface area contributed by atoms with Gasteiger partial charge in [0.05, 0.1) is 5.25 Å². The topological polar surface area (TPSA) is 75.5 Å². The van der Waals surface area contributed by atoms with E-state index in [0.717, 1.165) is 18.5 Å². The number of rotatable bonds is 4. The van der Waals surface area contributed by atoms with Gasteiger partial charge in [-0.2, -0.15) is 5.10 Å². The lowest BCUT2D eigenvalue weighted by Crippen LogP contribution is -2.48. The monoisotopic (exact) mass is 340 g/mol. The molecule has 1 aliphatic carbocycles. The van der Waals surface area contributed by atoms with E-state index in [1.165, 1.54) is 18.4 Å². The number of hydrogen-bond acceptors (Lipinski definition) is 4. The van der Waals surface area contributed by atoms with Crippen LogP contribution in [-0.4, -0.2) is 65.7 Å². The number of hydrogen-bond donors (Lipinski definition) is 0. The molecule has 1 saturated heterocycles. The van der Waals surface area contributed by atoms with E-state index in [1.54, 1.807) is 9.58 Å². The molecule has 1 aliphatic heterocycles. The number of piperidine rings is 1. The molecule has 2 fully saturated rings. The number of amides is 1. The zero-order valence-electron chi connectivity index (χ0n) is 13.9. The maximum Gasteiger partial charge on any atom is 0.274 e. The molecule has 2 heterocycles. The molecule has 0 spiro atoms. The fourth-order valence-electron chi connectivity index (χ4n) is 3.17. The Bertz CT molecular complexity index is 706. The number of aromatic nitrogens is 2. The minimum atomic E-state index is -3.34. The third kappa shape index (κ3) is 3.14. The molecule has 8 heteroatoms. The Hall–Kier alpha value is -1.41. The van der Waals surface area contributed by atoms with E-state index in [-0.39, 0.29) is 12.5 Å². The lowest BCUT2D eigenvalue weighted by atomic mass is 10.1. The third-order valence-corrected chi connectivity index (χ3v) is 6.97. The van der Waals surface area contributed by atoms with Gasteiger partial charge in [-0.3, -0.25) is 9.48 Å². The van der Waals surface area contributed by atoms with Crippen LogP contribution in [0.15, 0.2) is 6.07 Å². The van der Waals surface area contributed by atoms with Crippen molar-refractivity contribution < 1.29 is 13.2 Å². The van der Waals surface area contributed by atoms with Crippen LogP contribution in [0.3, 0.4) is 0 Å². The Morgan fingerprint density at radius 1 is 1.30 bits per heavy atom. The number of sulfonamides is 1. The van der Waals surface area contributed by atoms with Crippen LogP contribution in [0.4, 0.5) is 0 Å². The van der Waals surface area contributed by atoms with Crippen LogP contribution in [0.2, 0.25) is 0 Å². The molecule has 1 amide bonds. The van der Waals surface area contributed by atoms with Gasteiger partial charge in [0.1, 0.15) is 0 Å². The van der Waals surface area contributed by atoms with Gasteiger partial charge in [0, 0.05) is 45.8 Å². The van der Waals surface area contributed by atoms with Gasteiger partial charge in [0.25, 0.3) is 5.91 Å². The van der Waals surface area contributed by atoms with Crippen LogP contribution < -0.4 is 0 Å². The summed E-state index contributed by atoms with van der Waals surface area (Å²) in [6.07, 6.45) is 3.60. The number of carbonyl (C=O) groups is 1. The van der Waals surface area contributed by atoms with Crippen LogP contribution >= 0.6 is 0 Å². The van der Waals surface area contributed by atoms with Crippen LogP contribution in [0.1, 0.15) is 47.8 Å². The van der Waals surface area contributed by atoms with Gasteiger partial charge in [0.2, 0.25) is 10.0 Å². The average Bonchev–Trinajstić information content (AvgIpc) is 3.29. The largest absolute Gasteiger partial charge is 0.336 e. The molecule has 2 aliphatic rings. The maximum absolute atomic E-state index is 12.7. The molecular formula is C15H24N4O3S. The number of nitrogens with zero attached hydrogens (tertiary/aromatic N) is 4. The highest BCUT2D eigenvalue weighted by Crippen LogP contribution is 2.40. The first-order valence-corrected chi connectivity index (χ1v) is 9.55. The van der Waals surface area contributed by atoms with Gasteiger partial charge >= 0.3 is 0 Å². The van der Waals surface area contributed by atoms with Crippen LogP contribution in [0.5, 0.6) is 0 Å². The van der Waals surface area contributed by atoms with Crippen molar-refractivity contribution in [3.8, 4) is 0 Å². The molecule has 1 aromatic heterocycles. The lowest BCUT2D eigenvalue weighted by molar-refractivity contribution is 0.0719. The molecule has 0 bridgehead atoms. The Kier molecular flexibility index (Phi) is 4.22. The van der Waals surface area contributed by atoms with E-state index in [2.05, 4.69) is 5.10 Å². The van der Waals surface area contributed by atoms with Crippen molar-refractivity contribution >= 4 is 15.9 Å². The normalized spacial score (nSPS) is 22.6. The second-order valence-electron chi connectivity index (χ2n) is 6.70. The van der Waals surface area contributed by atoms with Crippen LogP contribution in [0.25, 0.3) is 0 Å². The molecule has 23 heavy (non-hydrogen) atoms. The Morgan fingerprint density at radius 2 is 2.00 bits per heavy atom. The number of carbonyl (C=O) groups excluding carboxylic acids is 1. The van der Waals surface area contributed by atoms with Crippen molar-refractivity contribution in [2.75, 3.05) is 27.2 Å². The van der Waals surface area contributed by atoms with Gasteiger partial charge in [0.15, 0.2) is 5.69 Å². The molecule has 0 N–H and O–H groups in total. The third-order valence-electron chi connectivity index (χ3n) is 4.73. The molecule has 7 nitrogen and oxygen atoms in total. The summed E-state index contributed by atoms with van der Waals surface area (Å²) in [6.45, 7) is 0.836. The smallest absolute Gasteiger partial charge is 0.274 e. The molecule has 0 aromatic carbocycles. The highest BCUT2D eigenvalue weighted by atomic mass is 32.2. The first-order valence-electron chi connectivity index (χ1n) is 8.05. The minimum absolute atomic E-state index is 0.161. The van der Waals surface area contributed by atoms with E-state index in [4.69, 9.17) is 0 Å². The highest BCUT2D eigenvalue weighted by Gasteiger charge is 2.35. The Balaban J connectivity index is 1.76. The summed E-state index contributed by atoms with van der Waals surface area (Å²) in [5.41, 5.74) is 1.53. The van der Waals surface area contributed by atoms with Crippen molar-refractivity contribution in [1.82, 2.24) is 19.0 Å². The molecule has 1 aromatic rings. The molecule has 1 unspecified atom stereocenters. The Labute approximate surface area is 137 Å². The predicted molar refractivity (Wildman–Crippen MR) is 86.7 cm³/mol. The summed E-state index contributed by atoms with van der Waals surface area (Å²) in [5.74, 6) is 0.364. The van der Waals surface area contributed by atoms with E-state index < -0.39 is 15.3 Å². The molecule has 1 saturated carbocycles. The Morgan fingerprint density at radius 3 is 2.61 bits per heavy atom. The average molecular weight is 340 g/mol. The molecular weight excluding hydrogens is 316 g/mol. The van der Waals surface area contributed by atoms with Gasteiger partial charge in [-0.1, -0.05) is 0 Å². The lowest BCUT2D eigenvalue weighted by Gasteiger charge is -2.33. The SMILES string of the molecule is CN(C)S(=O)(=O)C1CCCN(C(=O)c2cc(C3CC3)n(C)n2)C1. The quantitative estimate of drug-likeness (QED) is 0.812. The second-order valence-corrected chi connectivity index (χ2v) is 9.12. The van der Waals surface area contributed by atoms with Crippen molar-refractivity contribution in [1.29, 1.82) is 0 Å². The molecule has 128 valence electrons. The van der Waals surface area contributed by atoms with Crippen molar-refractivity contribution in [3.05, 3.63) is 17.5 Å². The maximum atomic E-state index is 12.7. The van der Waals surface area contributed by atoms with Crippen molar-refractivity contribution in [3.63, 3.8) is 0 Å². The van der Waals surface area contributed by atoms with Gasteiger partial charge in [-0.05, 0) is 31.7 Å². The minimum Gasteiger partial charge on any atom is -0.336 e. The first-order chi connectivity index (χ1) is 10.8. The standard InChI is InChI=1S/C15H24N4O3S/c1-17(2)23(21,22)12-5-4-8-19(10-12)15(20)13-9-14(11-6-7-11)18(3)16-13/h9,11-12H,4-8,10H2,1-3H3. The van der Waals surface area contributed by atoms with Crippen LogP contribution in [-0.2, 0) is 17.1 Å². The summed E-state index contributed by atoms with van der Waals surface area (Å²) in [4.78, 5) is 14.3. The van der Waals surface area contributed by atoms with Crippen LogP contribution in [0, 0.1) is 0 Å². The summed E-state index contributed by atoms with van der Waals surface area (Å²) in [6, 6.07) is 1.87. The predicted octanol–water partition coefficient (Wildman–Crippen LogP) is 0.793. The van der Waals surface area contributed by atoms with E-state index >= 15 is 0 Å². The van der Waals surface area contributed by atoms with E-state index in [1.807, 2.05) is 13.1 Å². The summed E-state index contributed by atoms with van der Waals surface area (Å²) >= 11 is 0. The fourth-order valence-corrected chi connectivity index (χ4v) is 4.60. The highest BCUT2D eigenvalue weighted by molar-refractivity contribution is 7.89. The van der Waals surface area contributed by atoms with E-state index in [9.17, 15) is 13.2 Å². The fraction of sp³-hybridized carbons (Fsp3) is 0.733. The first kappa shape index (κ1) is 16.4. The summed E-state index contributed by atoms with van der Waals surface area (Å²) in [5, 5.41) is 3.81. The zero-order chi connectivity index (χ0) is 16.8. The van der Waals surface area contributed by atoms with Gasteiger partial charge in [-0.15, -0.1) is 0 Å². The number of likely N-dealkylation sites (tertiary alicyclic amines) is 1.